The molecule has 2 rings (SSSR count). The molecule has 0 bridgehead atoms. The summed E-state index contributed by atoms with van der Waals surface area (Å²) < 4.78 is 5.21. The van der Waals surface area contributed by atoms with E-state index in [-0.39, 0.29) is 12.5 Å². The summed E-state index contributed by atoms with van der Waals surface area (Å²) in [5.74, 6) is 0.413. The van der Waals surface area contributed by atoms with Crippen LogP contribution < -0.4 is 10.1 Å². The fourth-order valence-corrected chi connectivity index (χ4v) is 2.39. The van der Waals surface area contributed by atoms with Crippen LogP contribution >= 0.6 is 11.6 Å². The summed E-state index contributed by atoms with van der Waals surface area (Å²) in [5, 5.41) is 12.4. The van der Waals surface area contributed by atoms with Crippen molar-refractivity contribution in [3.63, 3.8) is 0 Å². The molecule has 1 amide bonds. The number of hydrogen-bond acceptors (Lipinski definition) is 3. The molecule has 0 atom stereocenters. The summed E-state index contributed by atoms with van der Waals surface area (Å²) in [5.41, 5.74) is -0.110. The van der Waals surface area contributed by atoms with Gasteiger partial charge in [0.2, 0.25) is 5.91 Å². The number of methoxy groups -OCH3 is 1. The smallest absolute Gasteiger partial charge is 0.240 e. The Hall–Kier alpha value is -1.73. The van der Waals surface area contributed by atoms with Gasteiger partial charge in [0, 0.05) is 17.1 Å². The molecule has 1 N–H and O–H groups in total. The van der Waals surface area contributed by atoms with Gasteiger partial charge in [-0.1, -0.05) is 17.7 Å². The molecule has 0 spiro atoms. The number of carbonyl (C=O) groups excluding carboxylic acids is 1. The van der Waals surface area contributed by atoms with Gasteiger partial charge in [-0.3, -0.25) is 4.79 Å². The first kappa shape index (κ1) is 13.7. The monoisotopic (exact) mass is 278 g/mol. The number of carbonyl (C=O) groups is 1. The molecule has 5 heteroatoms. The van der Waals surface area contributed by atoms with Crippen molar-refractivity contribution in [1.82, 2.24) is 5.32 Å². The highest BCUT2D eigenvalue weighted by Crippen LogP contribution is 2.40. The highest BCUT2D eigenvalue weighted by Gasteiger charge is 2.44. The van der Waals surface area contributed by atoms with Crippen LogP contribution in [0.3, 0.4) is 0 Å². The number of rotatable bonds is 4. The normalized spacial score (nSPS) is 16.1. The van der Waals surface area contributed by atoms with Crippen LogP contribution in [0, 0.1) is 16.7 Å². The summed E-state index contributed by atoms with van der Waals surface area (Å²) in [4.78, 5) is 12.0. The number of halogens is 1. The molecule has 0 radical (unpaired) electrons. The van der Waals surface area contributed by atoms with Crippen LogP contribution in [0.1, 0.15) is 24.8 Å². The molecule has 1 aromatic rings. The second-order valence-corrected chi connectivity index (χ2v) is 5.06. The standard InChI is InChI=1S/C14H15ClN2O2/c1-19-12-5-2-4-11(15)10(12)8-17-13(18)14(9-16)6-3-7-14/h2,4-5H,3,6-8H2,1H3,(H,17,18). The van der Waals surface area contributed by atoms with Crippen LogP contribution in [0.15, 0.2) is 18.2 Å². The van der Waals surface area contributed by atoms with Crippen molar-refractivity contribution < 1.29 is 9.53 Å². The van der Waals surface area contributed by atoms with Gasteiger partial charge in [0.15, 0.2) is 0 Å². The molecule has 100 valence electrons. The molecule has 0 heterocycles. The number of nitriles is 1. The summed E-state index contributed by atoms with van der Waals surface area (Å²) >= 11 is 6.09. The molecule has 19 heavy (non-hydrogen) atoms. The van der Waals surface area contributed by atoms with Crippen molar-refractivity contribution >= 4 is 17.5 Å². The molecular weight excluding hydrogens is 264 g/mol. The highest BCUT2D eigenvalue weighted by atomic mass is 35.5. The topological polar surface area (TPSA) is 62.1 Å². The van der Waals surface area contributed by atoms with Gasteiger partial charge in [-0.05, 0) is 31.4 Å². The van der Waals surface area contributed by atoms with Crippen molar-refractivity contribution in [2.45, 2.75) is 25.8 Å². The predicted octanol–water partition coefficient (Wildman–Crippen LogP) is 2.66. The first-order chi connectivity index (χ1) is 9.13. The third kappa shape index (κ3) is 2.52. The lowest BCUT2D eigenvalue weighted by atomic mass is 9.69. The van der Waals surface area contributed by atoms with Gasteiger partial charge in [0.05, 0.1) is 13.2 Å². The largest absolute Gasteiger partial charge is 0.496 e. The van der Waals surface area contributed by atoms with E-state index in [0.29, 0.717) is 23.6 Å². The van der Waals surface area contributed by atoms with E-state index in [4.69, 9.17) is 21.6 Å². The lowest BCUT2D eigenvalue weighted by Crippen LogP contribution is -2.44. The molecule has 4 nitrogen and oxygen atoms in total. The minimum atomic E-state index is -0.839. The van der Waals surface area contributed by atoms with E-state index in [1.807, 2.05) is 0 Å². The van der Waals surface area contributed by atoms with Crippen molar-refractivity contribution in [2.24, 2.45) is 5.41 Å². The van der Waals surface area contributed by atoms with Crippen LogP contribution in [0.4, 0.5) is 0 Å². The molecule has 1 saturated carbocycles. The van der Waals surface area contributed by atoms with E-state index in [2.05, 4.69) is 11.4 Å². The fourth-order valence-electron chi connectivity index (χ4n) is 2.16. The van der Waals surface area contributed by atoms with Gasteiger partial charge >= 0.3 is 0 Å². The van der Waals surface area contributed by atoms with E-state index in [0.717, 1.165) is 12.0 Å². The maximum atomic E-state index is 12.0. The lowest BCUT2D eigenvalue weighted by molar-refractivity contribution is -0.131. The maximum Gasteiger partial charge on any atom is 0.240 e. The fraction of sp³-hybridized carbons (Fsp3) is 0.429. The molecule has 1 aliphatic carbocycles. The number of ether oxygens (including phenoxy) is 1. The number of nitrogens with one attached hydrogen (secondary N) is 1. The average molecular weight is 279 g/mol. The van der Waals surface area contributed by atoms with Gasteiger partial charge in [0.25, 0.3) is 0 Å². The average Bonchev–Trinajstić information content (AvgIpc) is 2.36. The Labute approximate surface area is 117 Å². The minimum Gasteiger partial charge on any atom is -0.496 e. The van der Waals surface area contributed by atoms with Crippen LogP contribution in [-0.2, 0) is 11.3 Å². The van der Waals surface area contributed by atoms with Gasteiger partial charge in [0.1, 0.15) is 11.2 Å². The van der Waals surface area contributed by atoms with Crippen molar-refractivity contribution in [2.75, 3.05) is 7.11 Å². The SMILES string of the molecule is COc1cccc(Cl)c1CNC(=O)C1(C#N)CCC1. The Morgan fingerprint density at radius 2 is 2.32 bits per heavy atom. The van der Waals surface area contributed by atoms with Gasteiger partial charge in [-0.15, -0.1) is 0 Å². The molecular formula is C14H15ClN2O2. The first-order valence-corrected chi connectivity index (χ1v) is 6.52. The zero-order chi connectivity index (χ0) is 13.9. The van der Waals surface area contributed by atoms with Gasteiger partial charge in [-0.25, -0.2) is 0 Å². The second-order valence-electron chi connectivity index (χ2n) is 4.65. The lowest BCUT2D eigenvalue weighted by Gasteiger charge is -2.33. The third-order valence-corrected chi connectivity index (χ3v) is 3.93. The first-order valence-electron chi connectivity index (χ1n) is 6.14. The zero-order valence-electron chi connectivity index (χ0n) is 10.7. The van der Waals surface area contributed by atoms with Crippen LogP contribution in [0.5, 0.6) is 5.75 Å². The van der Waals surface area contributed by atoms with E-state index in [9.17, 15) is 4.79 Å². The Kier molecular flexibility index (Phi) is 3.96. The van der Waals surface area contributed by atoms with Gasteiger partial charge < -0.3 is 10.1 Å². The van der Waals surface area contributed by atoms with Gasteiger partial charge in [-0.2, -0.15) is 5.26 Å². The summed E-state index contributed by atoms with van der Waals surface area (Å²) in [6, 6.07) is 7.44. The molecule has 1 fully saturated rings. The van der Waals surface area contributed by atoms with Crippen LogP contribution in [-0.4, -0.2) is 13.0 Å². The Balaban J connectivity index is 2.07. The number of benzene rings is 1. The van der Waals surface area contributed by atoms with E-state index in [1.54, 1.807) is 25.3 Å². The molecule has 0 unspecified atom stereocenters. The maximum absolute atomic E-state index is 12.0. The number of nitrogens with zero attached hydrogens (tertiary/aromatic N) is 1. The Morgan fingerprint density at radius 1 is 1.58 bits per heavy atom. The predicted molar refractivity (Wildman–Crippen MR) is 71.7 cm³/mol. The minimum absolute atomic E-state index is 0.219. The number of hydrogen-bond donors (Lipinski definition) is 1. The quantitative estimate of drug-likeness (QED) is 0.921. The van der Waals surface area contributed by atoms with E-state index < -0.39 is 5.41 Å². The molecule has 1 aromatic carbocycles. The molecule has 0 aliphatic heterocycles. The van der Waals surface area contributed by atoms with E-state index >= 15 is 0 Å². The summed E-state index contributed by atoms with van der Waals surface area (Å²) in [6.07, 6.45) is 2.19. The molecule has 0 aromatic heterocycles. The summed E-state index contributed by atoms with van der Waals surface area (Å²) in [6.45, 7) is 0.269. The Bertz CT molecular complexity index is 533. The number of amides is 1. The van der Waals surface area contributed by atoms with Crippen LogP contribution in [0.25, 0.3) is 0 Å². The Morgan fingerprint density at radius 3 is 2.84 bits per heavy atom. The second kappa shape index (κ2) is 5.50. The molecule has 0 saturated heterocycles. The van der Waals surface area contributed by atoms with Crippen molar-refractivity contribution in [3.8, 4) is 11.8 Å². The third-order valence-electron chi connectivity index (χ3n) is 3.58. The zero-order valence-corrected chi connectivity index (χ0v) is 11.5. The van der Waals surface area contributed by atoms with E-state index in [1.165, 1.54) is 0 Å². The summed E-state index contributed by atoms with van der Waals surface area (Å²) in [7, 11) is 1.56. The molecule has 1 aliphatic rings. The highest BCUT2D eigenvalue weighted by molar-refractivity contribution is 6.31. The van der Waals surface area contributed by atoms with Crippen molar-refractivity contribution in [1.29, 1.82) is 5.26 Å². The van der Waals surface area contributed by atoms with Crippen molar-refractivity contribution in [3.05, 3.63) is 28.8 Å². The van der Waals surface area contributed by atoms with Crippen LogP contribution in [0.2, 0.25) is 5.02 Å².